The fourth-order valence-corrected chi connectivity index (χ4v) is 2.75. The van der Waals surface area contributed by atoms with Crippen LogP contribution >= 0.6 is 0 Å². The van der Waals surface area contributed by atoms with E-state index in [0.29, 0.717) is 12.5 Å². The summed E-state index contributed by atoms with van der Waals surface area (Å²) in [6.07, 6.45) is 0. The van der Waals surface area contributed by atoms with E-state index in [1.54, 1.807) is 27.8 Å². The number of guanidine groups is 1. The lowest BCUT2D eigenvalue weighted by Crippen LogP contribution is -2.42. The van der Waals surface area contributed by atoms with Gasteiger partial charge >= 0.3 is 0 Å². The lowest BCUT2D eigenvalue weighted by Gasteiger charge is -2.20. The van der Waals surface area contributed by atoms with Crippen LogP contribution in [-0.2, 0) is 9.84 Å². The van der Waals surface area contributed by atoms with E-state index in [0.717, 1.165) is 11.5 Å². The van der Waals surface area contributed by atoms with Gasteiger partial charge in [0.25, 0.3) is 0 Å². The zero-order valence-corrected chi connectivity index (χ0v) is 15.0. The standard InChI is InChI=1S/C15H27N3O3S/c1-11-7-8-13(21-11)12(2)18-14(16-6)17-9-10-22(19,20)15(3,4)5/h7-8,12H,9-10H2,1-6H3,(H2,16,17,18). The summed E-state index contributed by atoms with van der Waals surface area (Å²) in [6, 6.07) is 3.75. The van der Waals surface area contributed by atoms with Crippen LogP contribution in [0.15, 0.2) is 21.5 Å². The molecule has 1 aromatic heterocycles. The number of hydrogen-bond acceptors (Lipinski definition) is 4. The van der Waals surface area contributed by atoms with Crippen LogP contribution in [0.1, 0.15) is 45.3 Å². The molecule has 1 atom stereocenters. The number of rotatable bonds is 5. The number of nitrogens with one attached hydrogen (secondary N) is 2. The first kappa shape index (κ1) is 18.5. The fourth-order valence-electron chi connectivity index (χ4n) is 1.77. The van der Waals surface area contributed by atoms with Crippen molar-refractivity contribution in [2.45, 2.75) is 45.4 Å². The molecule has 0 aliphatic heterocycles. The Bertz CT molecular complexity index is 612. The molecule has 0 saturated heterocycles. The zero-order valence-electron chi connectivity index (χ0n) is 14.2. The maximum absolute atomic E-state index is 12.1. The predicted molar refractivity (Wildman–Crippen MR) is 89.9 cm³/mol. The Kier molecular flexibility index (Phi) is 6.05. The minimum absolute atomic E-state index is 0.0564. The summed E-state index contributed by atoms with van der Waals surface area (Å²) in [7, 11) is -1.50. The molecule has 6 nitrogen and oxygen atoms in total. The second-order valence-electron chi connectivity index (χ2n) is 6.24. The smallest absolute Gasteiger partial charge is 0.191 e. The van der Waals surface area contributed by atoms with Crippen LogP contribution in [0.3, 0.4) is 0 Å². The molecular formula is C15H27N3O3S. The van der Waals surface area contributed by atoms with E-state index in [9.17, 15) is 8.42 Å². The highest BCUT2D eigenvalue weighted by molar-refractivity contribution is 7.92. The molecule has 0 spiro atoms. The van der Waals surface area contributed by atoms with E-state index >= 15 is 0 Å². The Hall–Kier alpha value is -1.50. The molecule has 1 aromatic rings. The summed E-state index contributed by atoms with van der Waals surface area (Å²) in [5, 5.41) is 6.19. The topological polar surface area (TPSA) is 83.7 Å². The molecule has 126 valence electrons. The third-order valence-electron chi connectivity index (χ3n) is 3.36. The molecule has 1 unspecified atom stereocenters. The van der Waals surface area contributed by atoms with Crippen LogP contribution in [-0.4, -0.2) is 38.5 Å². The van der Waals surface area contributed by atoms with E-state index in [-0.39, 0.29) is 11.8 Å². The normalized spacial score (nSPS) is 14.7. The van der Waals surface area contributed by atoms with E-state index in [1.165, 1.54) is 0 Å². The van der Waals surface area contributed by atoms with Gasteiger partial charge in [0.15, 0.2) is 15.8 Å². The Morgan fingerprint density at radius 1 is 1.36 bits per heavy atom. The average Bonchev–Trinajstić information content (AvgIpc) is 2.82. The van der Waals surface area contributed by atoms with Crippen molar-refractivity contribution in [2.75, 3.05) is 19.3 Å². The molecule has 2 N–H and O–H groups in total. The first-order chi connectivity index (χ1) is 10.1. The molecule has 7 heteroatoms. The van der Waals surface area contributed by atoms with E-state index in [4.69, 9.17) is 4.42 Å². The summed E-state index contributed by atoms with van der Waals surface area (Å²) in [5.74, 6) is 2.27. The van der Waals surface area contributed by atoms with Crippen molar-refractivity contribution in [2.24, 2.45) is 4.99 Å². The van der Waals surface area contributed by atoms with Gasteiger partial charge in [-0.2, -0.15) is 0 Å². The number of hydrogen-bond donors (Lipinski definition) is 2. The van der Waals surface area contributed by atoms with Gasteiger partial charge in [-0.3, -0.25) is 4.99 Å². The van der Waals surface area contributed by atoms with Crippen LogP contribution in [0, 0.1) is 6.92 Å². The Morgan fingerprint density at radius 2 is 2.00 bits per heavy atom. The van der Waals surface area contributed by atoms with Crippen molar-refractivity contribution in [3.63, 3.8) is 0 Å². The minimum atomic E-state index is -3.14. The van der Waals surface area contributed by atoms with Gasteiger partial charge < -0.3 is 15.1 Å². The first-order valence-electron chi connectivity index (χ1n) is 7.32. The van der Waals surface area contributed by atoms with Crippen molar-refractivity contribution >= 4 is 15.8 Å². The van der Waals surface area contributed by atoms with Gasteiger partial charge in [-0.05, 0) is 46.8 Å². The number of sulfone groups is 1. The van der Waals surface area contributed by atoms with Crippen molar-refractivity contribution in [1.82, 2.24) is 10.6 Å². The second kappa shape index (κ2) is 7.17. The van der Waals surface area contributed by atoms with Gasteiger partial charge in [-0.1, -0.05) is 0 Å². The van der Waals surface area contributed by atoms with Crippen molar-refractivity contribution in [1.29, 1.82) is 0 Å². The van der Waals surface area contributed by atoms with Gasteiger partial charge in [-0.25, -0.2) is 8.42 Å². The maximum Gasteiger partial charge on any atom is 0.191 e. The largest absolute Gasteiger partial charge is 0.464 e. The third kappa shape index (κ3) is 5.05. The average molecular weight is 329 g/mol. The summed E-state index contributed by atoms with van der Waals surface area (Å²) in [4.78, 5) is 4.10. The van der Waals surface area contributed by atoms with Crippen molar-refractivity contribution < 1.29 is 12.8 Å². The lowest BCUT2D eigenvalue weighted by atomic mass is 10.2. The molecule has 0 aliphatic carbocycles. The zero-order chi connectivity index (χ0) is 17.0. The second-order valence-corrected chi connectivity index (χ2v) is 9.11. The van der Waals surface area contributed by atoms with Crippen LogP contribution in [0.5, 0.6) is 0 Å². The molecule has 0 saturated carbocycles. The number of aliphatic imine (C=N–C) groups is 1. The molecule has 0 aromatic carbocycles. The van der Waals surface area contributed by atoms with Gasteiger partial charge in [0.1, 0.15) is 11.5 Å². The molecule has 0 aliphatic rings. The number of aryl methyl sites for hydroxylation is 1. The molecule has 1 heterocycles. The van der Waals surface area contributed by atoms with Crippen LogP contribution in [0.4, 0.5) is 0 Å². The lowest BCUT2D eigenvalue weighted by molar-refractivity contribution is 0.441. The van der Waals surface area contributed by atoms with Crippen molar-refractivity contribution in [3.05, 3.63) is 23.7 Å². The molecule has 0 bridgehead atoms. The van der Waals surface area contributed by atoms with Crippen LogP contribution in [0.25, 0.3) is 0 Å². The monoisotopic (exact) mass is 329 g/mol. The Labute approximate surface area is 133 Å². The highest BCUT2D eigenvalue weighted by Gasteiger charge is 2.28. The maximum atomic E-state index is 12.1. The fraction of sp³-hybridized carbons (Fsp3) is 0.667. The van der Waals surface area contributed by atoms with Gasteiger partial charge in [-0.15, -0.1) is 0 Å². The van der Waals surface area contributed by atoms with Gasteiger partial charge in [0, 0.05) is 13.6 Å². The van der Waals surface area contributed by atoms with Crippen LogP contribution in [0.2, 0.25) is 0 Å². The number of furan rings is 1. The van der Waals surface area contributed by atoms with Gasteiger partial charge in [0.05, 0.1) is 16.5 Å². The minimum Gasteiger partial charge on any atom is -0.464 e. The van der Waals surface area contributed by atoms with E-state index in [1.807, 2.05) is 26.0 Å². The van der Waals surface area contributed by atoms with Gasteiger partial charge in [0.2, 0.25) is 0 Å². The number of nitrogens with zero attached hydrogens (tertiary/aromatic N) is 1. The highest BCUT2D eigenvalue weighted by atomic mass is 32.2. The van der Waals surface area contributed by atoms with E-state index in [2.05, 4.69) is 15.6 Å². The highest BCUT2D eigenvalue weighted by Crippen LogP contribution is 2.16. The summed E-state index contributed by atoms with van der Waals surface area (Å²) < 4.78 is 28.9. The predicted octanol–water partition coefficient (Wildman–Crippen LogP) is 2.03. The first-order valence-corrected chi connectivity index (χ1v) is 8.98. The molecule has 0 fully saturated rings. The van der Waals surface area contributed by atoms with E-state index < -0.39 is 14.6 Å². The molecule has 0 radical (unpaired) electrons. The summed E-state index contributed by atoms with van der Waals surface area (Å²) in [6.45, 7) is 9.27. The Morgan fingerprint density at radius 3 is 2.45 bits per heavy atom. The van der Waals surface area contributed by atoms with Crippen LogP contribution < -0.4 is 10.6 Å². The third-order valence-corrected chi connectivity index (χ3v) is 5.97. The summed E-state index contributed by atoms with van der Waals surface area (Å²) >= 11 is 0. The molecule has 0 amide bonds. The quantitative estimate of drug-likeness (QED) is 0.638. The SMILES string of the molecule is CN=C(NCCS(=O)(=O)C(C)(C)C)NC(C)c1ccc(C)o1. The molecule has 1 rings (SSSR count). The Balaban J connectivity index is 2.54. The molecular weight excluding hydrogens is 302 g/mol. The summed E-state index contributed by atoms with van der Waals surface area (Å²) in [5.41, 5.74) is 0. The molecule has 22 heavy (non-hydrogen) atoms. The van der Waals surface area contributed by atoms with Crippen molar-refractivity contribution in [3.8, 4) is 0 Å².